The van der Waals surface area contributed by atoms with Gasteiger partial charge in [-0.3, -0.25) is 5.43 Å². The van der Waals surface area contributed by atoms with E-state index in [0.717, 1.165) is 10.2 Å². The summed E-state index contributed by atoms with van der Waals surface area (Å²) in [6.07, 6.45) is 0. The number of anilines is 2. The fourth-order valence-electron chi connectivity index (χ4n) is 1.71. The van der Waals surface area contributed by atoms with E-state index in [0.29, 0.717) is 24.9 Å². The molecule has 0 amide bonds. The van der Waals surface area contributed by atoms with Crippen molar-refractivity contribution in [1.29, 1.82) is 0 Å². The number of nitrogens with two attached hydrogens (primary N) is 1. The second kappa shape index (κ2) is 5.91. The van der Waals surface area contributed by atoms with Crippen LogP contribution in [0.5, 0.6) is 0 Å². The minimum Gasteiger partial charge on any atom is -0.395 e. The molecular formula is C10H15N5O2S. The SMILES string of the molecule is NNc1nc(N(CCO)CCO)c2ccsc2n1. The average molecular weight is 269 g/mol. The van der Waals surface area contributed by atoms with E-state index < -0.39 is 0 Å². The largest absolute Gasteiger partial charge is 0.395 e. The molecule has 0 bridgehead atoms. The number of hydrogen-bond donors (Lipinski definition) is 4. The van der Waals surface area contributed by atoms with Gasteiger partial charge in [0.2, 0.25) is 5.95 Å². The van der Waals surface area contributed by atoms with Crippen molar-refractivity contribution in [2.24, 2.45) is 5.84 Å². The molecule has 18 heavy (non-hydrogen) atoms. The van der Waals surface area contributed by atoms with Crippen molar-refractivity contribution in [3.63, 3.8) is 0 Å². The Bertz CT molecular complexity index is 512. The van der Waals surface area contributed by atoms with Crippen LogP contribution in [0.4, 0.5) is 11.8 Å². The van der Waals surface area contributed by atoms with Crippen molar-refractivity contribution in [2.45, 2.75) is 0 Å². The van der Waals surface area contributed by atoms with Crippen LogP contribution in [0.25, 0.3) is 10.2 Å². The van der Waals surface area contributed by atoms with Gasteiger partial charge in [0, 0.05) is 13.1 Å². The molecule has 0 spiro atoms. The molecule has 7 nitrogen and oxygen atoms in total. The molecule has 0 saturated heterocycles. The average Bonchev–Trinajstić information content (AvgIpc) is 2.85. The van der Waals surface area contributed by atoms with E-state index in [-0.39, 0.29) is 13.2 Å². The van der Waals surface area contributed by atoms with Gasteiger partial charge >= 0.3 is 0 Å². The summed E-state index contributed by atoms with van der Waals surface area (Å²) in [4.78, 5) is 11.1. The van der Waals surface area contributed by atoms with Gasteiger partial charge in [-0.15, -0.1) is 11.3 Å². The number of aliphatic hydroxyl groups is 2. The van der Waals surface area contributed by atoms with Crippen LogP contribution in [0.15, 0.2) is 11.4 Å². The van der Waals surface area contributed by atoms with Crippen molar-refractivity contribution in [1.82, 2.24) is 9.97 Å². The molecule has 0 saturated carbocycles. The maximum atomic E-state index is 9.07. The topological polar surface area (TPSA) is 108 Å². The number of nitrogens with one attached hydrogen (secondary N) is 1. The third kappa shape index (κ3) is 2.51. The first kappa shape index (κ1) is 13.0. The lowest BCUT2D eigenvalue weighted by atomic mass is 10.3. The minimum atomic E-state index is -0.0129. The van der Waals surface area contributed by atoms with Gasteiger partial charge in [0.05, 0.1) is 18.6 Å². The zero-order valence-corrected chi connectivity index (χ0v) is 10.5. The maximum Gasteiger partial charge on any atom is 0.240 e. The first-order valence-electron chi connectivity index (χ1n) is 5.48. The molecule has 5 N–H and O–H groups in total. The predicted molar refractivity (Wildman–Crippen MR) is 71.6 cm³/mol. The van der Waals surface area contributed by atoms with Crippen LogP contribution in [0.3, 0.4) is 0 Å². The maximum absolute atomic E-state index is 9.07. The summed E-state index contributed by atoms with van der Waals surface area (Å²) in [5, 5.41) is 20.9. The third-order valence-electron chi connectivity index (χ3n) is 2.47. The van der Waals surface area contributed by atoms with Gasteiger partial charge in [0.1, 0.15) is 10.6 Å². The van der Waals surface area contributed by atoms with E-state index in [1.807, 2.05) is 11.4 Å². The molecule has 0 atom stereocenters. The zero-order chi connectivity index (χ0) is 13.0. The lowest BCUT2D eigenvalue weighted by molar-refractivity contribution is 0.281. The molecule has 2 aromatic rings. The zero-order valence-electron chi connectivity index (χ0n) is 9.70. The van der Waals surface area contributed by atoms with Crippen molar-refractivity contribution in [2.75, 3.05) is 36.6 Å². The van der Waals surface area contributed by atoms with Gasteiger partial charge in [-0.1, -0.05) is 0 Å². The molecule has 0 radical (unpaired) electrons. The normalized spacial score (nSPS) is 10.8. The first-order chi connectivity index (χ1) is 8.80. The van der Waals surface area contributed by atoms with E-state index in [1.54, 1.807) is 4.90 Å². The lowest BCUT2D eigenvalue weighted by Gasteiger charge is -2.22. The van der Waals surface area contributed by atoms with Crippen LogP contribution in [-0.4, -0.2) is 46.5 Å². The fourth-order valence-corrected chi connectivity index (χ4v) is 2.47. The summed E-state index contributed by atoms with van der Waals surface area (Å²) in [5.74, 6) is 6.32. The number of hydrogen-bond acceptors (Lipinski definition) is 8. The smallest absolute Gasteiger partial charge is 0.240 e. The molecule has 0 aliphatic rings. The Hall–Kier alpha value is -1.48. The summed E-state index contributed by atoms with van der Waals surface area (Å²) < 4.78 is 0. The Labute approximate surface area is 108 Å². The van der Waals surface area contributed by atoms with Gasteiger partial charge < -0.3 is 15.1 Å². The molecule has 8 heteroatoms. The van der Waals surface area contributed by atoms with Crippen molar-refractivity contribution in [3.05, 3.63) is 11.4 Å². The van der Waals surface area contributed by atoms with Gasteiger partial charge in [-0.25, -0.2) is 10.8 Å². The molecule has 0 unspecified atom stereocenters. The first-order valence-corrected chi connectivity index (χ1v) is 6.36. The number of aromatic nitrogens is 2. The van der Waals surface area contributed by atoms with Crippen molar-refractivity contribution < 1.29 is 10.2 Å². The standard InChI is InChI=1S/C10H15N5O2S/c11-14-10-12-8(15(2-4-16)3-5-17)7-1-6-18-9(7)13-10/h1,6,16-17H,2-5,11H2,(H,12,13,14). The number of thiophene rings is 1. The van der Waals surface area contributed by atoms with Crippen LogP contribution >= 0.6 is 11.3 Å². The second-order valence-corrected chi connectivity index (χ2v) is 4.48. The van der Waals surface area contributed by atoms with Crippen LogP contribution in [-0.2, 0) is 0 Å². The monoisotopic (exact) mass is 269 g/mol. The summed E-state index contributed by atoms with van der Waals surface area (Å²) in [7, 11) is 0. The Morgan fingerprint density at radius 1 is 1.28 bits per heavy atom. The highest BCUT2D eigenvalue weighted by Gasteiger charge is 2.14. The second-order valence-electron chi connectivity index (χ2n) is 3.59. The van der Waals surface area contributed by atoms with Crippen LogP contribution in [0, 0.1) is 0 Å². The Morgan fingerprint density at radius 2 is 2.00 bits per heavy atom. The molecule has 2 aromatic heterocycles. The highest BCUT2D eigenvalue weighted by molar-refractivity contribution is 7.16. The molecular weight excluding hydrogens is 254 g/mol. The Balaban J connectivity index is 2.48. The number of fused-ring (bicyclic) bond motifs is 1. The number of nitrogens with zero attached hydrogens (tertiary/aromatic N) is 3. The Morgan fingerprint density at radius 3 is 2.61 bits per heavy atom. The van der Waals surface area contributed by atoms with E-state index in [9.17, 15) is 0 Å². The third-order valence-corrected chi connectivity index (χ3v) is 3.28. The van der Waals surface area contributed by atoms with Gasteiger partial charge in [-0.05, 0) is 11.4 Å². The van der Waals surface area contributed by atoms with Gasteiger partial charge in [0.15, 0.2) is 0 Å². The van der Waals surface area contributed by atoms with Crippen LogP contribution < -0.4 is 16.2 Å². The number of rotatable bonds is 6. The van der Waals surface area contributed by atoms with E-state index in [1.165, 1.54) is 11.3 Å². The summed E-state index contributed by atoms with van der Waals surface area (Å²) in [6, 6.07) is 1.91. The molecule has 0 fully saturated rings. The van der Waals surface area contributed by atoms with E-state index >= 15 is 0 Å². The number of nitrogen functional groups attached to an aromatic ring is 1. The van der Waals surface area contributed by atoms with E-state index in [2.05, 4.69) is 15.4 Å². The molecule has 0 aromatic carbocycles. The quantitative estimate of drug-likeness (QED) is 0.424. The van der Waals surface area contributed by atoms with Gasteiger partial charge in [-0.2, -0.15) is 4.98 Å². The van der Waals surface area contributed by atoms with E-state index in [4.69, 9.17) is 16.1 Å². The summed E-state index contributed by atoms with van der Waals surface area (Å²) in [6.45, 7) is 0.765. The highest BCUT2D eigenvalue weighted by Crippen LogP contribution is 2.28. The fraction of sp³-hybridized carbons (Fsp3) is 0.400. The minimum absolute atomic E-state index is 0.0129. The summed E-state index contributed by atoms with van der Waals surface area (Å²) in [5.41, 5.74) is 2.42. The van der Waals surface area contributed by atoms with Crippen LogP contribution in [0.2, 0.25) is 0 Å². The highest BCUT2D eigenvalue weighted by atomic mass is 32.1. The Kier molecular flexibility index (Phi) is 4.26. The molecule has 0 aliphatic carbocycles. The van der Waals surface area contributed by atoms with Crippen molar-refractivity contribution >= 4 is 33.3 Å². The molecule has 2 heterocycles. The number of hydrazine groups is 1. The molecule has 0 aliphatic heterocycles. The summed E-state index contributed by atoms with van der Waals surface area (Å²) >= 11 is 1.49. The molecule has 2 rings (SSSR count). The van der Waals surface area contributed by atoms with Crippen molar-refractivity contribution in [3.8, 4) is 0 Å². The number of aliphatic hydroxyl groups excluding tert-OH is 2. The molecule has 98 valence electrons. The van der Waals surface area contributed by atoms with Crippen LogP contribution in [0.1, 0.15) is 0 Å². The van der Waals surface area contributed by atoms with Gasteiger partial charge in [0.25, 0.3) is 0 Å². The predicted octanol–water partition coefficient (Wildman–Crippen LogP) is -0.232. The lowest BCUT2D eigenvalue weighted by Crippen LogP contribution is -2.31.